The average Bonchev–Trinajstić information content (AvgIpc) is 3.36. The second-order valence-electron chi connectivity index (χ2n) is 8.61. The fourth-order valence-corrected chi connectivity index (χ4v) is 4.37. The van der Waals surface area contributed by atoms with Gasteiger partial charge in [-0.25, -0.2) is 0 Å². The molecule has 4 heteroatoms. The number of nitrogens with zero attached hydrogens (tertiary/aromatic N) is 2. The van der Waals surface area contributed by atoms with E-state index in [-0.39, 0.29) is 11.9 Å². The molecule has 0 radical (unpaired) electrons. The van der Waals surface area contributed by atoms with Gasteiger partial charge in [-0.15, -0.1) is 0 Å². The molecule has 1 unspecified atom stereocenters. The molecule has 1 amide bonds. The molecule has 174 valence electrons. The van der Waals surface area contributed by atoms with E-state index < -0.39 is 0 Å². The second kappa shape index (κ2) is 10.3. The number of rotatable bonds is 8. The van der Waals surface area contributed by atoms with Crippen LogP contribution in [0.4, 0.5) is 5.69 Å². The first-order valence-corrected chi connectivity index (χ1v) is 11.9. The number of carbonyl (C=O) groups is 1. The third kappa shape index (κ3) is 4.97. The first-order valence-electron chi connectivity index (χ1n) is 11.9. The fourth-order valence-electron chi connectivity index (χ4n) is 4.37. The van der Waals surface area contributed by atoms with Crippen molar-refractivity contribution >= 4 is 22.5 Å². The van der Waals surface area contributed by atoms with Gasteiger partial charge >= 0.3 is 0 Å². The van der Waals surface area contributed by atoms with Crippen LogP contribution in [-0.4, -0.2) is 10.5 Å². The monoisotopic (exact) mass is 460 g/mol. The minimum atomic E-state index is -0.388. The number of carbonyl (C=O) groups excluding carboxylic acids is 1. The highest BCUT2D eigenvalue weighted by Crippen LogP contribution is 2.31. The summed E-state index contributed by atoms with van der Waals surface area (Å²) in [6.07, 6.45) is 1.98. The number of fused-ring (bicyclic) bond motifs is 1. The van der Waals surface area contributed by atoms with Crippen molar-refractivity contribution in [2.45, 2.75) is 26.1 Å². The van der Waals surface area contributed by atoms with Crippen LogP contribution in [0.5, 0.6) is 5.75 Å². The zero-order valence-electron chi connectivity index (χ0n) is 19.7. The van der Waals surface area contributed by atoms with Crippen LogP contribution < -0.4 is 9.64 Å². The summed E-state index contributed by atoms with van der Waals surface area (Å²) in [5, 5.41) is 0.998. The van der Waals surface area contributed by atoms with E-state index in [1.165, 1.54) is 0 Å². The molecule has 0 aliphatic rings. The Morgan fingerprint density at radius 2 is 1.40 bits per heavy atom. The van der Waals surface area contributed by atoms with E-state index in [4.69, 9.17) is 4.74 Å². The number of benzene rings is 4. The van der Waals surface area contributed by atoms with Crippen LogP contribution in [0.15, 0.2) is 121 Å². The van der Waals surface area contributed by atoms with Crippen LogP contribution in [0, 0.1) is 0 Å². The largest absolute Gasteiger partial charge is 0.488 e. The van der Waals surface area contributed by atoms with Crippen LogP contribution in [0.25, 0.3) is 10.9 Å². The van der Waals surface area contributed by atoms with E-state index in [1.54, 1.807) is 0 Å². The molecular formula is C31H28N2O2. The molecule has 35 heavy (non-hydrogen) atoms. The van der Waals surface area contributed by atoms with Crippen molar-refractivity contribution in [2.24, 2.45) is 0 Å². The summed E-state index contributed by atoms with van der Waals surface area (Å²) >= 11 is 0. The Balaban J connectivity index is 1.43. The lowest BCUT2D eigenvalue weighted by molar-refractivity contribution is -0.121. The first kappa shape index (κ1) is 22.5. The Bertz CT molecular complexity index is 1400. The molecule has 4 aromatic carbocycles. The lowest BCUT2D eigenvalue weighted by Gasteiger charge is -2.27. The Morgan fingerprint density at radius 1 is 0.771 bits per heavy atom. The predicted molar refractivity (Wildman–Crippen MR) is 141 cm³/mol. The van der Waals surface area contributed by atoms with Crippen molar-refractivity contribution in [3.63, 3.8) is 0 Å². The van der Waals surface area contributed by atoms with Gasteiger partial charge in [-0.2, -0.15) is 0 Å². The standard InChI is InChI=1S/C31H28N2O2/c1-24(31(34)33(27-16-9-4-10-17-27)22-25-12-5-2-6-13-25)32-21-20-28-29(32)18-11-19-30(28)35-23-26-14-7-3-8-15-26/h2-21,24H,22-23H2,1H3. The molecule has 1 aromatic heterocycles. The number of aromatic nitrogens is 1. The molecule has 0 aliphatic heterocycles. The second-order valence-corrected chi connectivity index (χ2v) is 8.61. The van der Waals surface area contributed by atoms with Crippen LogP contribution in [0.3, 0.4) is 0 Å². The fraction of sp³-hybridized carbons (Fsp3) is 0.129. The van der Waals surface area contributed by atoms with E-state index in [0.29, 0.717) is 13.2 Å². The quantitative estimate of drug-likeness (QED) is 0.249. The molecule has 0 N–H and O–H groups in total. The van der Waals surface area contributed by atoms with E-state index in [9.17, 15) is 4.79 Å². The van der Waals surface area contributed by atoms with Crippen LogP contribution >= 0.6 is 0 Å². The molecule has 0 spiro atoms. The third-order valence-corrected chi connectivity index (χ3v) is 6.25. The zero-order chi connectivity index (χ0) is 24.0. The van der Waals surface area contributed by atoms with Crippen molar-refractivity contribution in [1.29, 1.82) is 0 Å². The summed E-state index contributed by atoms with van der Waals surface area (Å²) in [7, 11) is 0. The van der Waals surface area contributed by atoms with Crippen molar-refractivity contribution in [1.82, 2.24) is 4.57 Å². The molecule has 0 fully saturated rings. The number of amides is 1. The topological polar surface area (TPSA) is 34.5 Å². The van der Waals surface area contributed by atoms with E-state index in [2.05, 4.69) is 24.3 Å². The van der Waals surface area contributed by atoms with Gasteiger partial charge in [0, 0.05) is 17.3 Å². The normalized spacial score (nSPS) is 11.8. The molecule has 5 aromatic rings. The summed E-state index contributed by atoms with van der Waals surface area (Å²) < 4.78 is 8.18. The van der Waals surface area contributed by atoms with E-state index in [0.717, 1.165) is 33.5 Å². The summed E-state index contributed by atoms with van der Waals surface area (Å²) in [6, 6.07) is 37.7. The van der Waals surface area contributed by atoms with Gasteiger partial charge in [0.05, 0.1) is 12.1 Å². The first-order chi connectivity index (χ1) is 17.2. The highest BCUT2D eigenvalue weighted by Gasteiger charge is 2.25. The Kier molecular flexibility index (Phi) is 6.62. The molecule has 0 bridgehead atoms. The minimum absolute atomic E-state index is 0.0353. The molecular weight excluding hydrogens is 432 g/mol. The minimum Gasteiger partial charge on any atom is -0.488 e. The van der Waals surface area contributed by atoms with Crippen molar-refractivity contribution in [2.75, 3.05) is 4.90 Å². The SMILES string of the molecule is CC(C(=O)N(Cc1ccccc1)c1ccccc1)n1ccc2c(OCc3ccccc3)cccc21. The van der Waals surface area contributed by atoms with Crippen LogP contribution in [0.1, 0.15) is 24.1 Å². The summed E-state index contributed by atoms with van der Waals surface area (Å²) in [6.45, 7) is 2.97. The maximum absolute atomic E-state index is 13.9. The van der Waals surface area contributed by atoms with E-state index in [1.807, 2.05) is 114 Å². The Labute approximate surface area is 206 Å². The number of hydrogen-bond donors (Lipinski definition) is 0. The molecule has 4 nitrogen and oxygen atoms in total. The third-order valence-electron chi connectivity index (χ3n) is 6.25. The van der Waals surface area contributed by atoms with Gasteiger partial charge in [-0.1, -0.05) is 84.9 Å². The summed E-state index contributed by atoms with van der Waals surface area (Å²) in [5.74, 6) is 0.849. The van der Waals surface area contributed by atoms with Gasteiger partial charge in [0.1, 0.15) is 18.4 Å². The predicted octanol–water partition coefficient (Wildman–Crippen LogP) is 7.01. The zero-order valence-corrected chi connectivity index (χ0v) is 19.7. The van der Waals surface area contributed by atoms with Gasteiger partial charge in [0.15, 0.2) is 0 Å². The van der Waals surface area contributed by atoms with Gasteiger partial charge in [0.25, 0.3) is 0 Å². The number of anilines is 1. The van der Waals surface area contributed by atoms with Crippen molar-refractivity contribution in [3.05, 3.63) is 133 Å². The highest BCUT2D eigenvalue weighted by molar-refractivity contribution is 5.97. The molecule has 5 rings (SSSR count). The average molecular weight is 461 g/mol. The van der Waals surface area contributed by atoms with Gasteiger partial charge in [-0.3, -0.25) is 4.79 Å². The Morgan fingerprint density at radius 3 is 2.09 bits per heavy atom. The van der Waals surface area contributed by atoms with Gasteiger partial charge in [-0.05, 0) is 48.4 Å². The highest BCUT2D eigenvalue weighted by atomic mass is 16.5. The molecule has 1 heterocycles. The van der Waals surface area contributed by atoms with Gasteiger partial charge in [0.2, 0.25) is 5.91 Å². The summed E-state index contributed by atoms with van der Waals surface area (Å²) in [5.41, 5.74) is 4.07. The lowest BCUT2D eigenvalue weighted by Crippen LogP contribution is -2.35. The van der Waals surface area contributed by atoms with Crippen molar-refractivity contribution < 1.29 is 9.53 Å². The maximum Gasteiger partial charge on any atom is 0.250 e. The maximum atomic E-state index is 13.9. The Hall–Kier alpha value is -4.31. The molecule has 0 saturated heterocycles. The van der Waals surface area contributed by atoms with E-state index >= 15 is 0 Å². The molecule has 1 atom stereocenters. The lowest BCUT2D eigenvalue weighted by atomic mass is 10.1. The molecule has 0 saturated carbocycles. The van der Waals surface area contributed by atoms with Crippen LogP contribution in [0.2, 0.25) is 0 Å². The molecule has 0 aliphatic carbocycles. The summed E-state index contributed by atoms with van der Waals surface area (Å²) in [4.78, 5) is 15.7. The number of para-hydroxylation sites is 1. The van der Waals surface area contributed by atoms with Crippen molar-refractivity contribution in [3.8, 4) is 5.75 Å². The number of hydrogen-bond acceptors (Lipinski definition) is 2. The van der Waals surface area contributed by atoms with Gasteiger partial charge < -0.3 is 14.2 Å². The smallest absolute Gasteiger partial charge is 0.250 e. The number of ether oxygens (including phenoxy) is 1. The van der Waals surface area contributed by atoms with Crippen LogP contribution in [-0.2, 0) is 17.9 Å².